The van der Waals surface area contributed by atoms with Gasteiger partial charge in [0.1, 0.15) is 10.7 Å². The summed E-state index contributed by atoms with van der Waals surface area (Å²) in [6.45, 7) is 4.27. The average Bonchev–Trinajstić information content (AvgIpc) is 2.77. The number of alkyl halides is 3. The first kappa shape index (κ1) is 14.5. The van der Waals surface area contributed by atoms with Gasteiger partial charge in [-0.2, -0.15) is 13.2 Å². The van der Waals surface area contributed by atoms with Gasteiger partial charge in [0.25, 0.3) is 0 Å². The van der Waals surface area contributed by atoms with Crippen molar-refractivity contribution in [3.8, 4) is 0 Å². The molecule has 1 saturated heterocycles. The number of hydrogen-bond donors (Lipinski definition) is 1. The molecule has 0 amide bonds. The van der Waals surface area contributed by atoms with Crippen molar-refractivity contribution in [2.75, 3.05) is 25.0 Å². The van der Waals surface area contributed by atoms with Crippen LogP contribution in [0.1, 0.15) is 25.5 Å². The summed E-state index contributed by atoms with van der Waals surface area (Å²) < 4.78 is 41.6. The van der Waals surface area contributed by atoms with Gasteiger partial charge < -0.3 is 5.32 Å². The number of halogens is 3. The minimum Gasteiger partial charge on any atom is -0.374 e. The minimum atomic E-state index is -4.05. The van der Waals surface area contributed by atoms with E-state index in [0.29, 0.717) is 19.6 Å². The maximum absolute atomic E-state index is 12.6. The maximum atomic E-state index is 12.6. The minimum absolute atomic E-state index is 0.178. The van der Waals surface area contributed by atoms with Gasteiger partial charge in [-0.15, -0.1) is 5.10 Å². The van der Waals surface area contributed by atoms with E-state index in [1.165, 1.54) is 11.5 Å². The Hall–Kier alpha value is -0.890. The van der Waals surface area contributed by atoms with Crippen LogP contribution in [0, 0.1) is 5.92 Å². The molecule has 4 nitrogen and oxygen atoms in total. The summed E-state index contributed by atoms with van der Waals surface area (Å²) >= 11 is 1.29. The predicted molar refractivity (Wildman–Crippen MR) is 68.1 cm³/mol. The summed E-state index contributed by atoms with van der Waals surface area (Å²) in [5, 5.41) is 8.12. The van der Waals surface area contributed by atoms with Crippen LogP contribution in [0.4, 0.5) is 18.2 Å². The van der Waals surface area contributed by atoms with E-state index in [-0.39, 0.29) is 12.8 Å². The Labute approximate surface area is 114 Å². The van der Waals surface area contributed by atoms with Crippen LogP contribution in [-0.2, 0) is 6.54 Å². The quantitative estimate of drug-likeness (QED) is 0.927. The zero-order valence-corrected chi connectivity index (χ0v) is 11.5. The van der Waals surface area contributed by atoms with Gasteiger partial charge in [0.2, 0.25) is 0 Å². The molecule has 1 aliphatic heterocycles. The van der Waals surface area contributed by atoms with Gasteiger partial charge in [-0.05, 0) is 32.9 Å². The Morgan fingerprint density at radius 3 is 2.63 bits per heavy atom. The molecule has 0 spiro atoms. The van der Waals surface area contributed by atoms with Crippen molar-refractivity contribution in [2.45, 2.75) is 32.5 Å². The van der Waals surface area contributed by atoms with Crippen LogP contribution in [-0.4, -0.2) is 40.3 Å². The van der Waals surface area contributed by atoms with E-state index >= 15 is 0 Å². The first-order valence-electron chi connectivity index (χ1n) is 6.35. The van der Waals surface area contributed by atoms with Crippen LogP contribution in [0.25, 0.3) is 0 Å². The fourth-order valence-electron chi connectivity index (χ4n) is 2.24. The van der Waals surface area contributed by atoms with E-state index < -0.39 is 12.1 Å². The molecule has 1 aliphatic rings. The Morgan fingerprint density at radius 1 is 1.37 bits per heavy atom. The third-order valence-corrected chi connectivity index (χ3v) is 4.04. The fourth-order valence-corrected chi connectivity index (χ4v) is 2.88. The van der Waals surface area contributed by atoms with Gasteiger partial charge in [0.05, 0.1) is 5.92 Å². The Kier molecular flexibility index (Phi) is 4.62. The van der Waals surface area contributed by atoms with Gasteiger partial charge in [0.15, 0.2) is 0 Å². The Morgan fingerprint density at radius 2 is 2.05 bits per heavy atom. The lowest BCUT2D eigenvalue weighted by Gasteiger charge is -2.32. The number of hydrogen-bond acceptors (Lipinski definition) is 5. The average molecular weight is 294 g/mol. The van der Waals surface area contributed by atoms with Crippen molar-refractivity contribution in [3.05, 3.63) is 5.69 Å². The number of piperidine rings is 1. The molecule has 1 N–H and O–H groups in total. The number of anilines is 1. The third kappa shape index (κ3) is 3.79. The normalized spacial score (nSPS) is 18.7. The zero-order chi connectivity index (χ0) is 13.9. The molecule has 2 rings (SSSR count). The molecule has 1 aromatic rings. The molecule has 0 bridgehead atoms. The van der Waals surface area contributed by atoms with Crippen LogP contribution >= 0.6 is 11.5 Å². The van der Waals surface area contributed by atoms with E-state index in [2.05, 4.69) is 14.9 Å². The van der Waals surface area contributed by atoms with Crippen molar-refractivity contribution in [1.29, 1.82) is 0 Å². The highest BCUT2D eigenvalue weighted by atomic mass is 32.1. The van der Waals surface area contributed by atoms with E-state index in [1.807, 2.05) is 11.8 Å². The van der Waals surface area contributed by atoms with Gasteiger partial charge >= 0.3 is 6.18 Å². The first-order chi connectivity index (χ1) is 9.00. The largest absolute Gasteiger partial charge is 0.391 e. The monoisotopic (exact) mass is 294 g/mol. The molecule has 0 radical (unpaired) electrons. The predicted octanol–water partition coefficient (Wildman–Crippen LogP) is 2.74. The van der Waals surface area contributed by atoms with Gasteiger partial charge in [0, 0.05) is 24.6 Å². The van der Waals surface area contributed by atoms with Crippen molar-refractivity contribution < 1.29 is 13.2 Å². The number of rotatable bonds is 4. The van der Waals surface area contributed by atoms with Crippen molar-refractivity contribution >= 4 is 16.5 Å². The SMILES string of the molecule is CCNc1snnc1CN1CCC(C(F)(F)F)CC1. The molecule has 108 valence electrons. The van der Waals surface area contributed by atoms with E-state index in [0.717, 1.165) is 17.2 Å². The van der Waals surface area contributed by atoms with E-state index in [1.54, 1.807) is 0 Å². The number of nitrogens with one attached hydrogen (secondary N) is 1. The molecule has 0 aromatic carbocycles. The van der Waals surface area contributed by atoms with Crippen LogP contribution < -0.4 is 5.32 Å². The Bertz CT molecular complexity index is 399. The molecule has 8 heteroatoms. The van der Waals surface area contributed by atoms with Gasteiger partial charge in [-0.3, -0.25) is 4.90 Å². The summed E-state index contributed by atoms with van der Waals surface area (Å²) in [4.78, 5) is 2.01. The highest BCUT2D eigenvalue weighted by Gasteiger charge is 2.41. The molecule has 1 aromatic heterocycles. The molecule has 0 aliphatic carbocycles. The summed E-state index contributed by atoms with van der Waals surface area (Å²) in [5.74, 6) is -1.15. The van der Waals surface area contributed by atoms with Crippen LogP contribution in [0.5, 0.6) is 0 Å². The second kappa shape index (κ2) is 6.04. The van der Waals surface area contributed by atoms with Crippen molar-refractivity contribution in [1.82, 2.24) is 14.5 Å². The molecule has 1 fully saturated rings. The summed E-state index contributed by atoms with van der Waals surface area (Å²) in [6.07, 6.45) is -3.70. The summed E-state index contributed by atoms with van der Waals surface area (Å²) in [6, 6.07) is 0. The molecule has 0 atom stereocenters. The van der Waals surface area contributed by atoms with E-state index in [4.69, 9.17) is 0 Å². The fraction of sp³-hybridized carbons (Fsp3) is 0.818. The van der Waals surface area contributed by atoms with Crippen LogP contribution in [0.2, 0.25) is 0 Å². The van der Waals surface area contributed by atoms with Crippen molar-refractivity contribution in [3.63, 3.8) is 0 Å². The highest BCUT2D eigenvalue weighted by Crippen LogP contribution is 2.34. The molecule has 0 saturated carbocycles. The topological polar surface area (TPSA) is 41.1 Å². The molecule has 19 heavy (non-hydrogen) atoms. The molecule has 0 unspecified atom stereocenters. The van der Waals surface area contributed by atoms with Crippen LogP contribution in [0.15, 0.2) is 0 Å². The lowest BCUT2D eigenvalue weighted by atomic mass is 9.96. The number of nitrogens with zero attached hydrogens (tertiary/aromatic N) is 3. The molecular formula is C11H17F3N4S. The van der Waals surface area contributed by atoms with Crippen LogP contribution in [0.3, 0.4) is 0 Å². The van der Waals surface area contributed by atoms with Gasteiger partial charge in [-0.1, -0.05) is 4.49 Å². The summed E-state index contributed by atoms with van der Waals surface area (Å²) in [7, 11) is 0. The highest BCUT2D eigenvalue weighted by molar-refractivity contribution is 7.10. The number of aromatic nitrogens is 2. The first-order valence-corrected chi connectivity index (χ1v) is 7.12. The smallest absolute Gasteiger partial charge is 0.374 e. The second-order valence-electron chi connectivity index (χ2n) is 4.67. The lowest BCUT2D eigenvalue weighted by Crippen LogP contribution is -2.38. The standard InChI is InChI=1S/C11H17F3N4S/c1-2-15-10-9(16-17-19-10)7-18-5-3-8(4-6-18)11(12,13)14/h8,15H,2-7H2,1H3. The second-order valence-corrected chi connectivity index (χ2v) is 5.43. The lowest BCUT2D eigenvalue weighted by molar-refractivity contribution is -0.185. The summed E-state index contributed by atoms with van der Waals surface area (Å²) in [5.41, 5.74) is 0.831. The van der Waals surface area contributed by atoms with Gasteiger partial charge in [-0.25, -0.2) is 0 Å². The number of likely N-dealkylation sites (tertiary alicyclic amines) is 1. The third-order valence-electron chi connectivity index (χ3n) is 3.32. The molecular weight excluding hydrogens is 277 g/mol. The molecule has 2 heterocycles. The Balaban J connectivity index is 1.87. The van der Waals surface area contributed by atoms with E-state index in [9.17, 15) is 13.2 Å². The zero-order valence-electron chi connectivity index (χ0n) is 10.7. The maximum Gasteiger partial charge on any atom is 0.391 e. The van der Waals surface area contributed by atoms with Crippen molar-refractivity contribution in [2.24, 2.45) is 5.92 Å².